The number of nitrogens with two attached hydrogens (primary N) is 1. The third-order valence-corrected chi connectivity index (χ3v) is 7.14. The van der Waals surface area contributed by atoms with Crippen molar-refractivity contribution in [2.45, 2.75) is 78.4 Å². The summed E-state index contributed by atoms with van der Waals surface area (Å²) in [6.07, 6.45) is 4.98. The Kier molecular flexibility index (Phi) is 9.02. The van der Waals surface area contributed by atoms with Crippen LogP contribution < -0.4 is 15.2 Å². The van der Waals surface area contributed by atoms with E-state index in [2.05, 4.69) is 21.0 Å². The highest BCUT2D eigenvalue weighted by atomic mass is 32.2. The van der Waals surface area contributed by atoms with Gasteiger partial charge in [-0.3, -0.25) is 0 Å². The normalized spacial score (nSPS) is 16.8. The number of aliphatic hydroxyl groups is 1. The van der Waals surface area contributed by atoms with E-state index in [1.54, 1.807) is 39.8 Å². The van der Waals surface area contributed by atoms with Crippen LogP contribution in [0.15, 0.2) is 51.3 Å². The lowest BCUT2D eigenvalue weighted by atomic mass is 9.95. The molecule has 1 fully saturated rings. The van der Waals surface area contributed by atoms with Gasteiger partial charge in [0, 0.05) is 5.69 Å². The second kappa shape index (κ2) is 11.0. The first-order chi connectivity index (χ1) is 16.1. The molecule has 2 rings (SSSR count). The highest BCUT2D eigenvalue weighted by Crippen LogP contribution is 2.47. The SMILES string of the molecule is C=C(/C(C)=C\C(=C/C)C(C)(C)O)S(N)(=O)=NC(=O)Nc1c(C(C)C)cc(OC(F)F)cc1C1CC1. The molecular weight excluding hydrogens is 476 g/mol. The summed E-state index contributed by atoms with van der Waals surface area (Å²) < 4.78 is 47.0. The molecule has 0 heterocycles. The Labute approximate surface area is 206 Å². The van der Waals surface area contributed by atoms with Gasteiger partial charge in [0.05, 0.1) is 10.5 Å². The molecule has 0 aliphatic heterocycles. The van der Waals surface area contributed by atoms with Crippen LogP contribution in [0.25, 0.3) is 0 Å². The molecule has 1 atom stereocenters. The van der Waals surface area contributed by atoms with Gasteiger partial charge in [-0.2, -0.15) is 8.78 Å². The van der Waals surface area contributed by atoms with Crippen LogP contribution in [0.4, 0.5) is 19.3 Å². The van der Waals surface area contributed by atoms with E-state index in [1.807, 2.05) is 13.8 Å². The number of nitrogens with zero attached hydrogens (tertiary/aromatic N) is 1. The van der Waals surface area contributed by atoms with Gasteiger partial charge >= 0.3 is 12.6 Å². The van der Waals surface area contributed by atoms with Crippen molar-refractivity contribution in [1.29, 1.82) is 0 Å². The van der Waals surface area contributed by atoms with Crippen LogP contribution >= 0.6 is 0 Å². The van der Waals surface area contributed by atoms with Crippen LogP contribution in [0.1, 0.15) is 77.3 Å². The minimum absolute atomic E-state index is 0.0175. The summed E-state index contributed by atoms with van der Waals surface area (Å²) in [5.74, 6) is -0.0242. The quantitative estimate of drug-likeness (QED) is 0.336. The number of alkyl halides is 2. The Bertz CT molecular complexity index is 1150. The maximum Gasteiger partial charge on any atom is 0.387 e. The fourth-order valence-corrected chi connectivity index (χ4v) is 4.53. The lowest BCUT2D eigenvalue weighted by Crippen LogP contribution is -2.22. The van der Waals surface area contributed by atoms with E-state index in [-0.39, 0.29) is 22.5 Å². The van der Waals surface area contributed by atoms with Crippen LogP contribution in [0.2, 0.25) is 0 Å². The number of rotatable bonds is 9. The Hall–Kier alpha value is -2.56. The van der Waals surface area contributed by atoms with Gasteiger partial charge < -0.3 is 15.2 Å². The fourth-order valence-electron chi connectivity index (χ4n) is 3.61. The van der Waals surface area contributed by atoms with E-state index < -0.39 is 28.2 Å². The third kappa shape index (κ3) is 7.71. The zero-order valence-electron chi connectivity index (χ0n) is 21.0. The van der Waals surface area contributed by atoms with Crippen LogP contribution in [-0.2, 0) is 9.92 Å². The molecule has 1 unspecified atom stereocenters. The number of nitrogens with one attached hydrogen (secondary N) is 1. The molecule has 0 radical (unpaired) electrons. The monoisotopic (exact) mass is 511 g/mol. The maximum absolute atomic E-state index is 13.1. The molecule has 1 aliphatic carbocycles. The Balaban J connectivity index is 2.42. The van der Waals surface area contributed by atoms with E-state index >= 15 is 0 Å². The third-order valence-electron chi connectivity index (χ3n) is 5.67. The number of hydrogen-bond acceptors (Lipinski definition) is 4. The van der Waals surface area contributed by atoms with Crippen molar-refractivity contribution in [2.75, 3.05) is 5.32 Å². The predicted molar refractivity (Wildman–Crippen MR) is 136 cm³/mol. The number of urea groups is 1. The molecule has 1 saturated carbocycles. The molecule has 1 aromatic carbocycles. The first kappa shape index (κ1) is 28.7. The Morgan fingerprint density at radius 1 is 1.37 bits per heavy atom. The number of anilines is 1. The van der Waals surface area contributed by atoms with Gasteiger partial charge in [0.15, 0.2) is 0 Å². The summed E-state index contributed by atoms with van der Waals surface area (Å²) in [5.41, 5.74) is 1.50. The van der Waals surface area contributed by atoms with E-state index in [0.717, 1.165) is 12.8 Å². The van der Waals surface area contributed by atoms with Crippen molar-refractivity contribution in [3.63, 3.8) is 0 Å². The number of ether oxygens (including phenoxy) is 1. The predicted octanol–water partition coefficient (Wildman–Crippen LogP) is 6.34. The molecular formula is C25H35F2N3O4S. The summed E-state index contributed by atoms with van der Waals surface area (Å²) in [7, 11) is -3.69. The molecule has 10 heteroatoms. The molecule has 4 N–H and O–H groups in total. The van der Waals surface area contributed by atoms with Crippen molar-refractivity contribution in [1.82, 2.24) is 0 Å². The molecule has 0 bridgehead atoms. The van der Waals surface area contributed by atoms with Gasteiger partial charge in [0.25, 0.3) is 0 Å². The Morgan fingerprint density at radius 3 is 2.43 bits per heavy atom. The lowest BCUT2D eigenvalue weighted by molar-refractivity contribution is -0.0499. The molecule has 1 aliphatic rings. The molecule has 1 aromatic rings. The van der Waals surface area contributed by atoms with Crippen LogP contribution in [0.3, 0.4) is 0 Å². The number of halogens is 2. The topological polar surface area (TPSA) is 114 Å². The van der Waals surface area contributed by atoms with Crippen molar-refractivity contribution < 1.29 is 27.6 Å². The minimum Gasteiger partial charge on any atom is -0.435 e. The second-order valence-electron chi connectivity index (χ2n) is 9.43. The van der Waals surface area contributed by atoms with Gasteiger partial charge in [-0.15, -0.1) is 4.36 Å². The molecule has 0 spiro atoms. The number of carbonyl (C=O) groups excluding carboxylic acids is 1. The van der Waals surface area contributed by atoms with E-state index in [0.29, 0.717) is 28.0 Å². The van der Waals surface area contributed by atoms with Gasteiger partial charge in [-0.25, -0.2) is 14.1 Å². The van der Waals surface area contributed by atoms with E-state index in [1.165, 1.54) is 12.1 Å². The molecule has 0 aromatic heterocycles. The summed E-state index contributed by atoms with van der Waals surface area (Å²) in [6, 6.07) is 2.01. The van der Waals surface area contributed by atoms with Crippen molar-refractivity contribution >= 4 is 21.6 Å². The van der Waals surface area contributed by atoms with Crippen LogP contribution in [0.5, 0.6) is 5.75 Å². The fraction of sp³-hybridized carbons (Fsp3) is 0.480. The van der Waals surface area contributed by atoms with Crippen LogP contribution in [0, 0.1) is 0 Å². The zero-order chi connectivity index (χ0) is 26.7. The summed E-state index contributed by atoms with van der Waals surface area (Å²) in [5, 5.41) is 18.8. The molecule has 7 nitrogen and oxygen atoms in total. The summed E-state index contributed by atoms with van der Waals surface area (Å²) >= 11 is 0. The number of amides is 2. The van der Waals surface area contributed by atoms with Crippen molar-refractivity contribution in [2.24, 2.45) is 9.50 Å². The van der Waals surface area contributed by atoms with Crippen molar-refractivity contribution in [3.05, 3.63) is 58.0 Å². The first-order valence-electron chi connectivity index (χ1n) is 11.3. The van der Waals surface area contributed by atoms with Crippen LogP contribution in [-0.4, -0.2) is 27.6 Å². The molecule has 35 heavy (non-hydrogen) atoms. The smallest absolute Gasteiger partial charge is 0.387 e. The molecule has 0 saturated heterocycles. The first-order valence-corrected chi connectivity index (χ1v) is 12.9. The molecule has 2 amide bonds. The van der Waals surface area contributed by atoms with Gasteiger partial charge in [0.2, 0.25) is 0 Å². The van der Waals surface area contributed by atoms with E-state index in [9.17, 15) is 22.9 Å². The molecule has 194 valence electrons. The van der Waals surface area contributed by atoms with Gasteiger partial charge in [-0.05, 0) is 86.8 Å². The van der Waals surface area contributed by atoms with E-state index in [4.69, 9.17) is 5.14 Å². The number of carbonyl (C=O) groups is 1. The largest absolute Gasteiger partial charge is 0.435 e. The minimum atomic E-state index is -3.69. The number of benzene rings is 1. The Morgan fingerprint density at radius 2 is 1.97 bits per heavy atom. The summed E-state index contributed by atoms with van der Waals surface area (Å²) in [4.78, 5) is 12.8. The standard InChI is InChI=1S/C25H35F2N3O4S/c1-8-18(25(6,7)32)11-15(4)16(5)35(28,33)30-24(31)29-22-20(14(2)3)12-19(34-23(26)27)13-21(22)17-9-10-17/h8,11-14,17,23,32H,5,9-10H2,1-4,6-7H3,(H3,28,29,30,31,33)/b15-11-,18-8+. The number of allylic oxidation sites excluding steroid dienone is 2. The zero-order valence-corrected chi connectivity index (χ0v) is 21.8. The highest BCUT2D eigenvalue weighted by Gasteiger charge is 2.30. The van der Waals surface area contributed by atoms with Gasteiger partial charge in [-0.1, -0.05) is 32.6 Å². The van der Waals surface area contributed by atoms with Crippen molar-refractivity contribution in [3.8, 4) is 5.75 Å². The maximum atomic E-state index is 13.1. The highest BCUT2D eigenvalue weighted by molar-refractivity contribution is 7.95. The average Bonchev–Trinajstić information content (AvgIpc) is 3.55. The second-order valence-corrected chi connectivity index (χ2v) is 11.2. The number of hydrogen-bond donors (Lipinski definition) is 3. The van der Waals surface area contributed by atoms with Gasteiger partial charge in [0.1, 0.15) is 15.7 Å². The lowest BCUT2D eigenvalue weighted by Gasteiger charge is -2.20. The average molecular weight is 512 g/mol. The summed E-state index contributed by atoms with van der Waals surface area (Å²) in [6.45, 7) is 11.1.